The molecule has 33 heteroatoms. The van der Waals surface area contributed by atoms with Crippen molar-refractivity contribution in [3.8, 4) is 17.2 Å². The van der Waals surface area contributed by atoms with E-state index in [1.807, 2.05) is 0 Å². The lowest BCUT2D eigenvalue weighted by molar-refractivity contribution is -0.167. The number of nitrogens with zero attached hydrogens (tertiary/aromatic N) is 4. The molecule has 10 N–H and O–H groups in total. The van der Waals surface area contributed by atoms with E-state index in [0.717, 1.165) is 11.4 Å². The molecule has 100 heavy (non-hydrogen) atoms. The number of rotatable bonds is 20. The van der Waals surface area contributed by atoms with Gasteiger partial charge in [-0.05, 0) is 56.4 Å². The molecule has 5 aliphatic heterocycles. The minimum Gasteiger partial charge on any atom is -0.507 e. The quantitative estimate of drug-likeness (QED) is 0.0222. The number of piperidine rings is 1. The van der Waals surface area contributed by atoms with Gasteiger partial charge in [-0.25, -0.2) is 9.79 Å². The lowest BCUT2D eigenvalue weighted by Gasteiger charge is -2.39. The van der Waals surface area contributed by atoms with Gasteiger partial charge in [0.05, 0.1) is 35.1 Å². The normalized spacial score (nSPS) is 24.9. The van der Waals surface area contributed by atoms with Crippen molar-refractivity contribution >= 4 is 84.8 Å². The van der Waals surface area contributed by atoms with Crippen molar-refractivity contribution in [2.75, 3.05) is 57.8 Å². The predicted molar refractivity (Wildman–Crippen MR) is 360 cm³/mol. The molecule has 1 spiro atoms. The SMILES string of the molecule is CCC(=O)OCOC(=O)N[C@H](CCC(=O)Nc1ccc(CC(P(=O)(O)O)P(=O)(O)O)cc1)C(=O)N(C)CC(=O)O[C@@H]1[C@@H](C)[C@@H](O)[C@@H](C)[C@H](OC(C)=O)[C@H](C)[C@@H](OC)/C=C/O[C@@]2(C)Oc3c(C)c(O)c4c(O)c(c5c(c4c3C2=O)NC2(CCN(CC(C)C)CC2)N=5)=NC(=O)/C(C)=C\C=C\[C@@H]1C. The molecule has 5 bridgehead atoms. The maximum atomic E-state index is 15.0. The summed E-state index contributed by atoms with van der Waals surface area (Å²) in [5.74, 6) is -12.3. The second kappa shape index (κ2) is 32.7. The topological polar surface area (TPSA) is 444 Å². The van der Waals surface area contributed by atoms with Gasteiger partial charge in [-0.3, -0.25) is 47.7 Å². The molecular weight excluding hydrogens is 1350 g/mol. The van der Waals surface area contributed by atoms with Gasteiger partial charge < -0.3 is 93.8 Å². The molecule has 1 saturated heterocycles. The summed E-state index contributed by atoms with van der Waals surface area (Å²) in [5.41, 5.74) is -0.486. The van der Waals surface area contributed by atoms with Crippen LogP contribution in [0.25, 0.3) is 10.8 Å². The van der Waals surface area contributed by atoms with E-state index in [2.05, 4.69) is 39.7 Å². The number of anilines is 2. The van der Waals surface area contributed by atoms with Crippen LogP contribution < -0.4 is 31.4 Å². The Morgan fingerprint density at radius 2 is 1.51 bits per heavy atom. The molecule has 0 unspecified atom stereocenters. The minimum atomic E-state index is -5.25. The molecule has 1 fully saturated rings. The van der Waals surface area contributed by atoms with Gasteiger partial charge in [-0.15, -0.1) is 0 Å². The zero-order valence-electron chi connectivity index (χ0n) is 58.1. The van der Waals surface area contributed by atoms with E-state index in [0.29, 0.717) is 31.8 Å². The molecule has 8 rings (SSSR count). The zero-order valence-corrected chi connectivity index (χ0v) is 59.9. The number of carbonyl (C=O) groups excluding carboxylic acids is 8. The molecule has 31 nitrogen and oxygen atoms in total. The monoisotopic (exact) mass is 1440 g/mol. The number of aromatic hydroxyl groups is 2. The van der Waals surface area contributed by atoms with Crippen LogP contribution in [0, 0.1) is 36.5 Å². The second-order valence-corrected chi connectivity index (χ2v) is 30.4. The number of benzene rings is 3. The van der Waals surface area contributed by atoms with E-state index < -0.39 is 178 Å². The van der Waals surface area contributed by atoms with Crippen molar-refractivity contribution < 1.29 is 116 Å². The molecule has 4 amide bonds. The summed E-state index contributed by atoms with van der Waals surface area (Å²) < 4.78 is 64.1. The molecule has 3 aromatic rings. The highest BCUT2D eigenvalue weighted by molar-refractivity contribution is 7.70. The number of amides is 4. The number of aliphatic hydroxyl groups is 1. The second-order valence-electron chi connectivity index (χ2n) is 26.4. The van der Waals surface area contributed by atoms with E-state index in [-0.39, 0.29) is 67.3 Å². The van der Waals surface area contributed by atoms with Crippen LogP contribution in [0.2, 0.25) is 0 Å². The summed E-state index contributed by atoms with van der Waals surface area (Å²) in [5, 5.41) is 42.6. The highest BCUT2D eigenvalue weighted by atomic mass is 31.2. The Labute approximate surface area is 577 Å². The number of phenolic OH excluding ortho intramolecular Hbond substituents is 2. The average Bonchev–Trinajstić information content (AvgIpc) is 1.52. The maximum absolute atomic E-state index is 15.0. The molecule has 0 aliphatic carbocycles. The summed E-state index contributed by atoms with van der Waals surface area (Å²) in [6.45, 7) is 18.1. The number of carbonyl (C=O) groups is 8. The molecule has 5 aliphatic rings. The van der Waals surface area contributed by atoms with Crippen LogP contribution in [0.4, 0.5) is 16.2 Å². The standard InChI is InChI=1S/C67H91N7O24P2/c1-14-47(77)93-33-94-65(85)69-44(22-23-46(76)68-43-20-18-42(19-21-43)30-49(99(86,87)88)100(89,90)91)64(84)73(12)32-48(78)97-59-35(4)16-15-17-36(5)63(83)70-55-54-53(71-67(72-54)25-27-74(28-26-67)31-34(2)3)50-51(58(55)81)57(80)40(9)61-52(50)62(82)66(11,98-61)95-29-24-45(92-13)37(6)60(96-41(10)75)39(8)56(79)38(59)7/h15-21,24,29,34-35,37-39,44-45,49,56,59-60,71,79-81H,14,22-23,25-28,30-33H2,1-13H3,(H,68,76)(H,69,85)(H2,86,87,88)(H2,89,90,91)/b16-15+,29-24+,36-17-,70-55?/t35-,37+,38-,39+,44+,45-,56+,59-,60+,66-/m0/s1. The number of methoxy groups -OCH3 is 1. The number of Topliss-reactive ketones (excluding diaryl/α,β-unsaturated/α-hetero) is 1. The highest BCUT2D eigenvalue weighted by Gasteiger charge is 2.51. The number of phenols is 2. The Morgan fingerprint density at radius 1 is 0.870 bits per heavy atom. The first-order valence-electron chi connectivity index (χ1n) is 32.7. The fourth-order valence-corrected chi connectivity index (χ4v) is 15.2. The number of hydrogen-bond acceptors (Lipinski definition) is 23. The minimum absolute atomic E-state index is 0.0219. The van der Waals surface area contributed by atoms with Crippen molar-refractivity contribution in [2.45, 2.75) is 162 Å². The number of hydrogen-bond donors (Lipinski definition) is 10. The van der Waals surface area contributed by atoms with Gasteiger partial charge in [0.1, 0.15) is 52.7 Å². The van der Waals surface area contributed by atoms with Crippen molar-refractivity contribution in [3.05, 3.63) is 87.8 Å². The van der Waals surface area contributed by atoms with Crippen LogP contribution in [-0.2, 0) is 72.7 Å². The number of fused-ring (bicyclic) bond motifs is 13. The van der Waals surface area contributed by atoms with Crippen molar-refractivity contribution in [3.63, 3.8) is 0 Å². The number of ether oxygens (including phenoxy) is 7. The Hall–Kier alpha value is -8.12. The average molecular weight is 1440 g/mol. The molecule has 5 heterocycles. The van der Waals surface area contributed by atoms with Crippen LogP contribution in [0.5, 0.6) is 17.2 Å². The number of allylic oxidation sites excluding steroid dienone is 2. The maximum Gasteiger partial charge on any atom is 0.410 e. The smallest absolute Gasteiger partial charge is 0.410 e. The van der Waals surface area contributed by atoms with Crippen molar-refractivity contribution in [1.29, 1.82) is 0 Å². The summed E-state index contributed by atoms with van der Waals surface area (Å²) >= 11 is 0. The first kappa shape index (κ1) is 79.2. The fraction of sp³-hybridized carbons (Fsp3) is 0.552. The van der Waals surface area contributed by atoms with Gasteiger partial charge in [0.2, 0.25) is 18.6 Å². The molecule has 0 aromatic heterocycles. The third-order valence-electron chi connectivity index (χ3n) is 18.3. The third kappa shape index (κ3) is 18.7. The molecule has 0 saturated carbocycles. The van der Waals surface area contributed by atoms with E-state index in [9.17, 15) is 77.6 Å². The van der Waals surface area contributed by atoms with Gasteiger partial charge in [0.15, 0.2) is 11.1 Å². The molecule has 10 atom stereocenters. The number of ketones is 1. The van der Waals surface area contributed by atoms with Crippen LogP contribution in [0.1, 0.15) is 123 Å². The largest absolute Gasteiger partial charge is 0.507 e. The van der Waals surface area contributed by atoms with Crippen LogP contribution in [0.3, 0.4) is 0 Å². The molecule has 3 aromatic carbocycles. The van der Waals surface area contributed by atoms with E-state index >= 15 is 4.79 Å². The Bertz CT molecular complexity index is 3930. The van der Waals surface area contributed by atoms with Crippen LogP contribution in [0.15, 0.2) is 70.4 Å². The summed E-state index contributed by atoms with van der Waals surface area (Å²) in [4.78, 5) is 160. The molecule has 548 valence electrons. The Kier molecular flexibility index (Phi) is 25.9. The van der Waals surface area contributed by atoms with Crippen molar-refractivity contribution in [2.24, 2.45) is 39.6 Å². The summed E-state index contributed by atoms with van der Waals surface area (Å²) in [7, 11) is -7.94. The van der Waals surface area contributed by atoms with Gasteiger partial charge in [0, 0.05) is 119 Å². The fourth-order valence-electron chi connectivity index (χ4n) is 12.7. The number of aliphatic hydroxyl groups excluding tert-OH is 1. The van der Waals surface area contributed by atoms with Gasteiger partial charge in [0.25, 0.3) is 11.7 Å². The summed E-state index contributed by atoms with van der Waals surface area (Å²) in [6, 6.07) is 3.52. The lowest BCUT2D eigenvalue weighted by Crippen LogP contribution is -2.50. The van der Waals surface area contributed by atoms with Gasteiger partial charge in [-0.1, -0.05) is 78.8 Å². The first-order chi connectivity index (χ1) is 46.7. The Morgan fingerprint density at radius 3 is 2.11 bits per heavy atom. The number of alkyl carbamates (subject to hydrolysis) is 1. The molecular formula is C67H91N7O24P2. The highest BCUT2D eigenvalue weighted by Crippen LogP contribution is 2.61. The number of likely N-dealkylation sites (N-methyl/N-ethyl adjacent to an activating group) is 1. The number of esters is 3. The Balaban J connectivity index is 1.22. The van der Waals surface area contributed by atoms with Crippen LogP contribution >= 0.6 is 15.2 Å². The van der Waals surface area contributed by atoms with E-state index in [1.165, 1.54) is 97.5 Å². The van der Waals surface area contributed by atoms with Crippen molar-refractivity contribution in [1.82, 2.24) is 15.1 Å². The predicted octanol–water partition coefficient (Wildman–Crippen LogP) is 5.41. The van der Waals surface area contributed by atoms with E-state index in [4.69, 9.17) is 38.2 Å². The number of likely N-dealkylation sites (tertiary alicyclic amines) is 1. The van der Waals surface area contributed by atoms with Crippen LogP contribution in [-0.4, -0.2) is 187 Å². The lowest BCUT2D eigenvalue weighted by atomic mass is 9.78. The van der Waals surface area contributed by atoms with Gasteiger partial charge in [-0.2, -0.15) is 0 Å². The molecule has 0 radical (unpaired) electrons. The van der Waals surface area contributed by atoms with E-state index in [1.54, 1.807) is 33.8 Å². The first-order valence-corrected chi connectivity index (χ1v) is 36.0. The third-order valence-corrected chi connectivity index (χ3v) is 22.0. The van der Waals surface area contributed by atoms with Gasteiger partial charge >= 0.3 is 45.0 Å². The zero-order chi connectivity index (χ0) is 74.3. The summed E-state index contributed by atoms with van der Waals surface area (Å²) in [6.07, 6.45) is 0.186. The number of nitrogens with one attached hydrogen (secondary N) is 3.